The van der Waals surface area contributed by atoms with Crippen LogP contribution in [0.3, 0.4) is 0 Å². The van der Waals surface area contributed by atoms with Gasteiger partial charge in [-0.25, -0.2) is 0 Å². The molecule has 2 N–H and O–H groups in total. The van der Waals surface area contributed by atoms with Crippen LogP contribution in [0.15, 0.2) is 23.1 Å². The van der Waals surface area contributed by atoms with Crippen molar-refractivity contribution < 1.29 is 12.3 Å². The molecule has 1 rings (SSSR count). The first-order valence-electron chi connectivity index (χ1n) is 2.91. The second-order valence-electron chi connectivity index (χ2n) is 2.12. The van der Waals surface area contributed by atoms with Crippen molar-refractivity contribution in [2.45, 2.75) is 4.90 Å². The lowest BCUT2D eigenvalue weighted by molar-refractivity contribution is 0.552. The van der Waals surface area contributed by atoms with Crippen LogP contribution in [0.5, 0.6) is 0 Å². The molecule has 0 amide bonds. The van der Waals surface area contributed by atoms with Crippen LogP contribution in [0.1, 0.15) is 0 Å². The lowest BCUT2D eigenvalue weighted by atomic mass is 10.3. The highest BCUT2D eigenvalue weighted by Crippen LogP contribution is 2.23. The van der Waals surface area contributed by atoms with Gasteiger partial charge in [0, 0.05) is 5.02 Å². The van der Waals surface area contributed by atoms with Gasteiger partial charge in [-0.2, -0.15) is 8.42 Å². The van der Waals surface area contributed by atoms with Crippen molar-refractivity contribution in [3.8, 4) is 0 Å². The van der Waals surface area contributed by atoms with Gasteiger partial charge in [0.15, 0.2) is 0 Å². The Labute approximate surface area is 74.2 Å². The van der Waals surface area contributed by atoms with Gasteiger partial charge in [0.1, 0.15) is 4.90 Å². The van der Waals surface area contributed by atoms with Gasteiger partial charge >= 0.3 is 10.2 Å². The fourth-order valence-electron chi connectivity index (χ4n) is 0.741. The fourth-order valence-corrected chi connectivity index (χ4v) is 1.49. The molecule has 0 fully saturated rings. The van der Waals surface area contributed by atoms with Crippen molar-refractivity contribution in [3.63, 3.8) is 0 Å². The number of benzene rings is 1. The van der Waals surface area contributed by atoms with Crippen LogP contribution in [0.2, 0.25) is 5.02 Å². The first-order valence-corrected chi connectivity index (χ1v) is 4.67. The highest BCUT2D eigenvalue weighted by molar-refractivity contribution is 7.86. The summed E-state index contributed by atoms with van der Waals surface area (Å²) in [6.07, 6.45) is 0. The van der Waals surface area contributed by atoms with Crippen LogP contribution < -0.4 is 5.73 Å². The molecule has 12 heavy (non-hydrogen) atoms. The van der Waals surface area contributed by atoms with Crippen LogP contribution in [0, 0.1) is 0 Å². The first kappa shape index (κ1) is 9.28. The van der Waals surface area contributed by atoms with Crippen LogP contribution in [0.25, 0.3) is 0 Å². The molecule has 0 saturated heterocycles. The third-order valence-electron chi connectivity index (χ3n) is 1.23. The molecule has 0 saturated carbocycles. The van der Waals surface area contributed by atoms with Crippen molar-refractivity contribution in [3.05, 3.63) is 23.2 Å². The molecule has 0 spiro atoms. The number of hydrogen-bond donors (Lipinski definition) is 1. The Kier molecular flexibility index (Phi) is 2.25. The number of nitrogens with two attached hydrogens (primary N) is 1. The summed E-state index contributed by atoms with van der Waals surface area (Å²) in [5.74, 6) is 0. The Morgan fingerprint density at radius 3 is 2.42 bits per heavy atom. The van der Waals surface area contributed by atoms with E-state index in [4.69, 9.17) is 17.3 Å². The monoisotopic (exact) mass is 209 g/mol. The molecule has 0 heterocycles. The zero-order chi connectivity index (χ0) is 9.35. The van der Waals surface area contributed by atoms with Crippen LogP contribution in [-0.2, 0) is 10.2 Å². The van der Waals surface area contributed by atoms with Crippen LogP contribution >= 0.6 is 11.6 Å². The summed E-state index contributed by atoms with van der Waals surface area (Å²) in [4.78, 5) is -0.549. The number of nitrogen functional groups attached to an aromatic ring is 1. The highest BCUT2D eigenvalue weighted by atomic mass is 35.5. The van der Waals surface area contributed by atoms with E-state index in [0.717, 1.165) is 6.07 Å². The highest BCUT2D eigenvalue weighted by Gasteiger charge is 2.15. The summed E-state index contributed by atoms with van der Waals surface area (Å²) in [5.41, 5.74) is 5.01. The molecule has 6 heteroatoms. The number of hydrogen-bond acceptors (Lipinski definition) is 3. The Morgan fingerprint density at radius 2 is 2.00 bits per heavy atom. The topological polar surface area (TPSA) is 60.2 Å². The molecule has 0 unspecified atom stereocenters. The molecule has 0 aromatic heterocycles. The second-order valence-corrected chi connectivity index (χ2v) is 3.87. The predicted molar refractivity (Wildman–Crippen MR) is 44.2 cm³/mol. The summed E-state index contributed by atoms with van der Waals surface area (Å²) in [6.45, 7) is 0. The van der Waals surface area contributed by atoms with Crippen molar-refractivity contribution in [1.82, 2.24) is 0 Å². The standard InChI is InChI=1S/C6H5ClFNO2S/c7-4-1-2-6(5(9)3-4)12(8,10)11/h1-3H,9H2. The molecule has 0 aliphatic carbocycles. The smallest absolute Gasteiger partial charge is 0.334 e. The minimum absolute atomic E-state index is 0.190. The van der Waals surface area contributed by atoms with E-state index in [1.165, 1.54) is 12.1 Å². The lowest BCUT2D eigenvalue weighted by Crippen LogP contribution is -1.98. The summed E-state index contributed by atoms with van der Waals surface area (Å²) in [7, 11) is -4.73. The molecular weight excluding hydrogens is 205 g/mol. The maximum atomic E-state index is 12.4. The van der Waals surface area contributed by atoms with E-state index in [9.17, 15) is 12.3 Å². The van der Waals surface area contributed by atoms with Crippen molar-refractivity contribution in [1.29, 1.82) is 0 Å². The number of halogens is 2. The minimum atomic E-state index is -4.73. The average Bonchev–Trinajstić information content (AvgIpc) is 1.83. The Bertz CT molecular complexity index is 404. The third kappa shape index (κ3) is 1.86. The molecule has 3 nitrogen and oxygen atoms in total. The van der Waals surface area contributed by atoms with Gasteiger partial charge in [-0.1, -0.05) is 11.6 Å². The second kappa shape index (κ2) is 2.91. The molecule has 0 atom stereocenters. The summed E-state index contributed by atoms with van der Waals surface area (Å²) < 4.78 is 33.1. The minimum Gasteiger partial charge on any atom is -0.398 e. The predicted octanol–water partition coefficient (Wildman–Crippen LogP) is 1.58. The third-order valence-corrected chi connectivity index (χ3v) is 2.37. The van der Waals surface area contributed by atoms with Gasteiger partial charge in [-0.15, -0.1) is 3.89 Å². The Hall–Kier alpha value is -0.810. The molecular formula is C6H5ClFNO2S. The number of anilines is 1. The van der Waals surface area contributed by atoms with Gasteiger partial charge < -0.3 is 5.73 Å². The molecule has 0 radical (unpaired) electrons. The van der Waals surface area contributed by atoms with E-state index in [1.54, 1.807) is 0 Å². The van der Waals surface area contributed by atoms with E-state index in [2.05, 4.69) is 0 Å². The number of rotatable bonds is 1. The van der Waals surface area contributed by atoms with Gasteiger partial charge in [0.2, 0.25) is 0 Å². The van der Waals surface area contributed by atoms with E-state index in [1.807, 2.05) is 0 Å². The van der Waals surface area contributed by atoms with Crippen molar-refractivity contribution in [2.75, 3.05) is 5.73 Å². The largest absolute Gasteiger partial charge is 0.398 e. The molecule has 0 aliphatic heterocycles. The zero-order valence-corrected chi connectivity index (χ0v) is 7.36. The van der Waals surface area contributed by atoms with Crippen molar-refractivity contribution >= 4 is 27.5 Å². The summed E-state index contributed by atoms with van der Waals surface area (Å²) >= 11 is 5.47. The fraction of sp³-hybridized carbons (Fsp3) is 0. The maximum Gasteiger partial charge on any atom is 0.334 e. The molecule has 1 aromatic rings. The van der Waals surface area contributed by atoms with E-state index in [0.29, 0.717) is 0 Å². The molecule has 66 valence electrons. The van der Waals surface area contributed by atoms with Gasteiger partial charge in [-0.05, 0) is 18.2 Å². The van der Waals surface area contributed by atoms with Gasteiger partial charge in [-0.3, -0.25) is 0 Å². The van der Waals surface area contributed by atoms with Crippen molar-refractivity contribution in [2.24, 2.45) is 0 Å². The van der Waals surface area contributed by atoms with E-state index < -0.39 is 15.1 Å². The van der Waals surface area contributed by atoms with Crippen LogP contribution in [-0.4, -0.2) is 8.42 Å². The molecule has 0 aliphatic rings. The summed E-state index contributed by atoms with van der Waals surface area (Å²) in [5, 5.41) is 0.264. The SMILES string of the molecule is Nc1cc(Cl)ccc1S(=O)(=O)F. The average molecular weight is 210 g/mol. The molecule has 0 bridgehead atoms. The first-order chi connectivity index (χ1) is 5.41. The quantitative estimate of drug-likeness (QED) is 0.564. The summed E-state index contributed by atoms with van der Waals surface area (Å²) in [6, 6.07) is 3.45. The van der Waals surface area contributed by atoms with Gasteiger partial charge in [0.25, 0.3) is 0 Å². The van der Waals surface area contributed by atoms with E-state index >= 15 is 0 Å². The van der Waals surface area contributed by atoms with Crippen LogP contribution in [0.4, 0.5) is 9.57 Å². The normalized spacial score (nSPS) is 11.5. The maximum absolute atomic E-state index is 12.4. The Balaban J connectivity index is 3.39. The Morgan fingerprint density at radius 1 is 1.42 bits per heavy atom. The zero-order valence-electron chi connectivity index (χ0n) is 5.79. The van der Waals surface area contributed by atoms with Gasteiger partial charge in [0.05, 0.1) is 5.69 Å². The molecule has 1 aromatic carbocycles. The van der Waals surface area contributed by atoms with E-state index in [-0.39, 0.29) is 10.7 Å². The lowest BCUT2D eigenvalue weighted by Gasteiger charge is -1.99.